The van der Waals surface area contributed by atoms with Crippen molar-refractivity contribution in [3.63, 3.8) is 0 Å². The third kappa shape index (κ3) is 2.85. The zero-order chi connectivity index (χ0) is 18.6. The van der Waals surface area contributed by atoms with Crippen LogP contribution in [0.1, 0.15) is 27.7 Å². The molecule has 1 aliphatic rings. The summed E-state index contributed by atoms with van der Waals surface area (Å²) >= 11 is 0. The van der Waals surface area contributed by atoms with Crippen molar-refractivity contribution in [3.05, 3.63) is 59.7 Å². The zero-order valence-electron chi connectivity index (χ0n) is 15.0. The molecule has 2 aromatic carbocycles. The standard InChI is InChI=1S/C19H20F4N2.ClH/c1-18(2)19(3,4)25(17-14(22)9-6-10-15(17)23)11-24(18)16-12(20)7-5-8-13(16)21;/h5-10H,11H2,1-4H3;1H. The van der Waals surface area contributed by atoms with E-state index in [9.17, 15) is 17.6 Å². The van der Waals surface area contributed by atoms with Crippen molar-refractivity contribution in [3.8, 4) is 0 Å². The van der Waals surface area contributed by atoms with Crippen molar-refractivity contribution in [2.75, 3.05) is 11.6 Å². The number of nitrogens with zero attached hydrogens (tertiary/aromatic N) is 1. The van der Waals surface area contributed by atoms with Crippen molar-refractivity contribution >= 4 is 11.4 Å². The van der Waals surface area contributed by atoms with Crippen LogP contribution in [0.4, 0.5) is 28.9 Å². The summed E-state index contributed by atoms with van der Waals surface area (Å²) in [5, 5.41) is 0. The van der Waals surface area contributed by atoms with Gasteiger partial charge in [0, 0.05) is 0 Å². The molecule has 0 amide bonds. The second-order valence-electron chi connectivity index (χ2n) is 7.42. The number of rotatable bonds is 2. The molecule has 142 valence electrons. The molecule has 2 nitrogen and oxygen atoms in total. The average molecular weight is 389 g/mol. The van der Waals surface area contributed by atoms with Crippen LogP contribution in [0.25, 0.3) is 0 Å². The van der Waals surface area contributed by atoms with Crippen LogP contribution in [0.5, 0.6) is 0 Å². The van der Waals surface area contributed by atoms with Gasteiger partial charge in [0.05, 0.1) is 5.54 Å². The minimum absolute atomic E-state index is 0. The lowest BCUT2D eigenvalue weighted by atomic mass is 9.81. The summed E-state index contributed by atoms with van der Waals surface area (Å²) in [5.74, 6) is -2.73. The van der Waals surface area contributed by atoms with E-state index in [1.807, 2.05) is 27.7 Å². The highest BCUT2D eigenvalue weighted by molar-refractivity contribution is 5.53. The molecular weight excluding hydrogens is 368 g/mol. The number of hydrogen-bond acceptors (Lipinski definition) is 1. The van der Waals surface area contributed by atoms with E-state index in [-0.39, 0.29) is 30.5 Å². The normalized spacial score (nSPS) is 20.8. The van der Waals surface area contributed by atoms with E-state index in [1.165, 1.54) is 36.4 Å². The predicted octanol–water partition coefficient (Wildman–Crippen LogP) is 0.798. The lowest BCUT2D eigenvalue weighted by molar-refractivity contribution is -0.875. The SMILES string of the molecule is CC1(C)N(c2c(F)cccc2F)C[NH+](c2c(F)cccc2F)C1(C)C.[Cl-]. The molecule has 1 fully saturated rings. The molecule has 26 heavy (non-hydrogen) atoms. The Morgan fingerprint density at radius 3 is 1.69 bits per heavy atom. The highest BCUT2D eigenvalue weighted by atomic mass is 35.5. The molecule has 1 atom stereocenters. The Morgan fingerprint density at radius 1 is 0.808 bits per heavy atom. The van der Waals surface area contributed by atoms with Crippen molar-refractivity contribution in [2.45, 2.75) is 38.8 Å². The van der Waals surface area contributed by atoms with Crippen molar-refractivity contribution in [1.29, 1.82) is 0 Å². The van der Waals surface area contributed by atoms with Gasteiger partial charge in [-0.2, -0.15) is 0 Å². The van der Waals surface area contributed by atoms with Crippen LogP contribution in [0.2, 0.25) is 0 Å². The van der Waals surface area contributed by atoms with Gasteiger partial charge in [0.25, 0.3) is 0 Å². The molecule has 2 aromatic rings. The molecule has 0 spiro atoms. The van der Waals surface area contributed by atoms with Gasteiger partial charge in [-0.05, 0) is 52.0 Å². The van der Waals surface area contributed by atoms with E-state index in [4.69, 9.17) is 0 Å². The molecule has 0 saturated carbocycles. The van der Waals surface area contributed by atoms with Crippen molar-refractivity contribution in [1.82, 2.24) is 0 Å². The molecule has 7 heteroatoms. The number of quaternary nitrogens is 1. The Balaban J connectivity index is 0.00000243. The summed E-state index contributed by atoms with van der Waals surface area (Å²) in [5.41, 5.74) is -1.77. The number of benzene rings is 2. The van der Waals surface area contributed by atoms with Gasteiger partial charge in [0.1, 0.15) is 22.9 Å². The second kappa shape index (κ2) is 6.74. The van der Waals surface area contributed by atoms with Gasteiger partial charge in [-0.1, -0.05) is 12.1 Å². The third-order valence-electron chi connectivity index (χ3n) is 5.75. The summed E-state index contributed by atoms with van der Waals surface area (Å²) < 4.78 is 57.4. The quantitative estimate of drug-likeness (QED) is 0.748. The second-order valence-corrected chi connectivity index (χ2v) is 7.42. The first-order chi connectivity index (χ1) is 11.6. The fourth-order valence-electron chi connectivity index (χ4n) is 3.54. The highest BCUT2D eigenvalue weighted by Gasteiger charge is 2.59. The maximum Gasteiger partial charge on any atom is 0.205 e. The molecule has 1 N–H and O–H groups in total. The summed E-state index contributed by atoms with van der Waals surface area (Å²) in [7, 11) is 0. The molecule has 0 aromatic heterocycles. The molecule has 1 heterocycles. The van der Waals surface area contributed by atoms with E-state index in [2.05, 4.69) is 0 Å². The van der Waals surface area contributed by atoms with E-state index in [1.54, 1.807) is 4.90 Å². The maximum absolute atomic E-state index is 14.4. The van der Waals surface area contributed by atoms with E-state index in [0.29, 0.717) is 4.90 Å². The first kappa shape index (κ1) is 20.5. The van der Waals surface area contributed by atoms with Gasteiger partial charge in [-0.25, -0.2) is 17.6 Å². The van der Waals surface area contributed by atoms with Crippen LogP contribution in [-0.2, 0) is 0 Å². The zero-order valence-corrected chi connectivity index (χ0v) is 15.8. The Labute approximate surface area is 156 Å². The topological polar surface area (TPSA) is 7.68 Å². The fraction of sp³-hybridized carbons (Fsp3) is 0.368. The first-order valence-corrected chi connectivity index (χ1v) is 8.11. The van der Waals surface area contributed by atoms with Crippen LogP contribution in [0.3, 0.4) is 0 Å². The van der Waals surface area contributed by atoms with Crippen LogP contribution in [0.15, 0.2) is 36.4 Å². The molecule has 0 radical (unpaired) electrons. The van der Waals surface area contributed by atoms with Crippen molar-refractivity contribution < 1.29 is 34.9 Å². The van der Waals surface area contributed by atoms with E-state index < -0.39 is 34.3 Å². The number of para-hydroxylation sites is 2. The maximum atomic E-state index is 14.4. The predicted molar refractivity (Wildman–Crippen MR) is 88.8 cm³/mol. The Hall–Kier alpha value is -1.79. The first-order valence-electron chi connectivity index (χ1n) is 8.11. The van der Waals surface area contributed by atoms with Crippen LogP contribution >= 0.6 is 0 Å². The fourth-order valence-corrected chi connectivity index (χ4v) is 3.54. The third-order valence-corrected chi connectivity index (χ3v) is 5.75. The Bertz CT molecular complexity index is 715. The number of hydrogen-bond donors (Lipinski definition) is 1. The number of anilines is 1. The lowest BCUT2D eigenvalue weighted by Gasteiger charge is -2.39. The van der Waals surface area contributed by atoms with Gasteiger partial charge >= 0.3 is 0 Å². The molecule has 3 rings (SSSR count). The summed E-state index contributed by atoms with van der Waals surface area (Å²) in [6.07, 6.45) is 0. The van der Waals surface area contributed by atoms with Crippen molar-refractivity contribution in [2.24, 2.45) is 0 Å². The molecule has 1 unspecified atom stereocenters. The minimum atomic E-state index is -0.764. The molecule has 0 aliphatic carbocycles. The lowest BCUT2D eigenvalue weighted by Crippen LogP contribution is -3.15. The molecular formula is C19H21ClF4N2. The van der Waals surface area contributed by atoms with E-state index >= 15 is 0 Å². The van der Waals surface area contributed by atoms with Gasteiger partial charge in [-0.15, -0.1) is 0 Å². The number of nitrogens with one attached hydrogen (secondary N) is 1. The summed E-state index contributed by atoms with van der Waals surface area (Å²) in [4.78, 5) is 2.04. The number of halogens is 5. The van der Waals surface area contributed by atoms with Gasteiger partial charge in [-0.3, -0.25) is 4.90 Å². The highest BCUT2D eigenvalue weighted by Crippen LogP contribution is 2.38. The molecule has 1 aliphatic heterocycles. The molecule has 1 saturated heterocycles. The summed E-state index contributed by atoms with van der Waals surface area (Å²) in [6, 6.07) is 7.35. The summed E-state index contributed by atoms with van der Waals surface area (Å²) in [6.45, 7) is 7.37. The molecule has 0 bridgehead atoms. The van der Waals surface area contributed by atoms with Gasteiger partial charge in [0.15, 0.2) is 18.3 Å². The average Bonchev–Trinajstić information content (AvgIpc) is 2.67. The van der Waals surface area contributed by atoms with E-state index in [0.717, 1.165) is 0 Å². The monoisotopic (exact) mass is 388 g/mol. The Kier molecular flexibility index (Phi) is 5.32. The van der Waals surface area contributed by atoms with Crippen LogP contribution < -0.4 is 22.2 Å². The van der Waals surface area contributed by atoms with Crippen LogP contribution in [0, 0.1) is 23.3 Å². The van der Waals surface area contributed by atoms with Gasteiger partial charge in [0.2, 0.25) is 5.69 Å². The van der Waals surface area contributed by atoms with Gasteiger partial charge < -0.3 is 17.3 Å². The largest absolute Gasteiger partial charge is 1.00 e. The Morgan fingerprint density at radius 2 is 1.23 bits per heavy atom. The van der Waals surface area contributed by atoms with Crippen LogP contribution in [-0.4, -0.2) is 17.7 Å². The smallest absolute Gasteiger partial charge is 0.205 e. The minimum Gasteiger partial charge on any atom is -1.00 e.